The predicted octanol–water partition coefficient (Wildman–Crippen LogP) is 0.876. The van der Waals surface area contributed by atoms with E-state index in [9.17, 15) is 4.79 Å². The maximum absolute atomic E-state index is 11.0. The number of carboxylic acid groups (broad SMARTS) is 1. The molecule has 5 heteroatoms. The van der Waals surface area contributed by atoms with Gasteiger partial charge in [0.05, 0.1) is 5.92 Å². The van der Waals surface area contributed by atoms with Gasteiger partial charge in [-0.2, -0.15) is 0 Å². The van der Waals surface area contributed by atoms with E-state index in [1.807, 2.05) is 0 Å². The summed E-state index contributed by atoms with van der Waals surface area (Å²) in [5, 5.41) is 9.01. The van der Waals surface area contributed by atoms with E-state index in [0.717, 1.165) is 37.3 Å². The molecule has 1 N–H and O–H groups in total. The van der Waals surface area contributed by atoms with Crippen molar-refractivity contribution >= 4 is 11.8 Å². The van der Waals surface area contributed by atoms with Crippen LogP contribution in [0.5, 0.6) is 0 Å². The van der Waals surface area contributed by atoms with Crippen LogP contribution in [0.1, 0.15) is 24.1 Å². The van der Waals surface area contributed by atoms with E-state index in [0.29, 0.717) is 13.0 Å². The Kier molecular flexibility index (Phi) is 2.46. The second kappa shape index (κ2) is 3.98. The largest absolute Gasteiger partial charge is 0.481 e. The third-order valence-electron chi connectivity index (χ3n) is 3.69. The Hall–Kier alpha value is -1.65. The summed E-state index contributed by atoms with van der Waals surface area (Å²) < 4.78 is 0. The Morgan fingerprint density at radius 2 is 2.29 bits per heavy atom. The molecule has 0 spiro atoms. The number of rotatable bonds is 2. The van der Waals surface area contributed by atoms with Gasteiger partial charge in [-0.3, -0.25) is 4.79 Å². The number of hydrogen-bond acceptors (Lipinski definition) is 4. The van der Waals surface area contributed by atoms with E-state index in [2.05, 4.69) is 14.9 Å². The van der Waals surface area contributed by atoms with Crippen LogP contribution in [0, 0.1) is 5.92 Å². The molecule has 17 heavy (non-hydrogen) atoms. The zero-order valence-electron chi connectivity index (χ0n) is 9.59. The molecule has 0 radical (unpaired) electrons. The van der Waals surface area contributed by atoms with E-state index >= 15 is 0 Å². The number of carbonyl (C=O) groups is 1. The number of anilines is 1. The Bertz CT molecular complexity index is 461. The lowest BCUT2D eigenvalue weighted by Crippen LogP contribution is -2.24. The molecule has 3 rings (SSSR count). The zero-order valence-corrected chi connectivity index (χ0v) is 9.59. The van der Waals surface area contributed by atoms with Gasteiger partial charge in [-0.05, 0) is 25.7 Å². The molecule has 1 saturated heterocycles. The summed E-state index contributed by atoms with van der Waals surface area (Å²) >= 11 is 0. The van der Waals surface area contributed by atoms with Gasteiger partial charge >= 0.3 is 5.97 Å². The normalized spacial score (nSPS) is 22.8. The number of aryl methyl sites for hydroxylation is 1. The van der Waals surface area contributed by atoms with Crippen LogP contribution >= 0.6 is 0 Å². The molecule has 1 aromatic heterocycles. The average molecular weight is 233 g/mol. The molecule has 0 amide bonds. The van der Waals surface area contributed by atoms with Gasteiger partial charge in [0.25, 0.3) is 0 Å². The second-order valence-electron chi connectivity index (χ2n) is 4.75. The zero-order chi connectivity index (χ0) is 11.8. The first kappa shape index (κ1) is 10.5. The number of fused-ring (bicyclic) bond motifs is 1. The molecule has 1 aromatic rings. The molecule has 1 atom stereocenters. The number of aromatic nitrogens is 2. The number of carboxylic acids is 1. The van der Waals surface area contributed by atoms with Crippen molar-refractivity contribution in [3.05, 3.63) is 17.6 Å². The summed E-state index contributed by atoms with van der Waals surface area (Å²) in [4.78, 5) is 21.7. The van der Waals surface area contributed by atoms with Crippen molar-refractivity contribution in [3.8, 4) is 0 Å². The summed E-state index contributed by atoms with van der Waals surface area (Å²) in [6, 6.07) is 0. The fourth-order valence-electron chi connectivity index (χ4n) is 2.77. The number of hydrogen-bond donors (Lipinski definition) is 1. The first-order chi connectivity index (χ1) is 8.25. The van der Waals surface area contributed by atoms with Crippen LogP contribution in [0.3, 0.4) is 0 Å². The third kappa shape index (κ3) is 1.75. The molecule has 2 heterocycles. The smallest absolute Gasteiger partial charge is 0.308 e. The molecule has 5 nitrogen and oxygen atoms in total. The highest BCUT2D eigenvalue weighted by atomic mass is 16.4. The standard InChI is InChI=1S/C12H15N3O2/c16-12(17)8-4-5-15(6-8)11-9-2-1-3-10(9)13-7-14-11/h7-8H,1-6H2,(H,16,17)/t8-/m0/s1. The molecule has 0 aromatic carbocycles. The first-order valence-electron chi connectivity index (χ1n) is 6.06. The van der Waals surface area contributed by atoms with Gasteiger partial charge in [0, 0.05) is 24.3 Å². The van der Waals surface area contributed by atoms with Crippen LogP contribution in [-0.4, -0.2) is 34.1 Å². The van der Waals surface area contributed by atoms with E-state index < -0.39 is 5.97 Å². The minimum Gasteiger partial charge on any atom is -0.481 e. The van der Waals surface area contributed by atoms with Gasteiger partial charge in [-0.15, -0.1) is 0 Å². The van der Waals surface area contributed by atoms with E-state index in [-0.39, 0.29) is 5.92 Å². The summed E-state index contributed by atoms with van der Waals surface area (Å²) in [7, 11) is 0. The molecule has 1 fully saturated rings. The Balaban J connectivity index is 1.86. The van der Waals surface area contributed by atoms with Crippen molar-refractivity contribution < 1.29 is 9.90 Å². The quantitative estimate of drug-likeness (QED) is 0.821. The molecular weight excluding hydrogens is 218 g/mol. The minimum atomic E-state index is -0.696. The monoisotopic (exact) mass is 233 g/mol. The van der Waals surface area contributed by atoms with Gasteiger partial charge < -0.3 is 10.0 Å². The average Bonchev–Trinajstić information content (AvgIpc) is 2.97. The Morgan fingerprint density at radius 3 is 3.06 bits per heavy atom. The summed E-state index contributed by atoms with van der Waals surface area (Å²) in [5.74, 6) is 0.0245. The molecule has 0 saturated carbocycles. The summed E-state index contributed by atoms with van der Waals surface area (Å²) in [6.45, 7) is 1.37. The molecule has 90 valence electrons. The fourth-order valence-corrected chi connectivity index (χ4v) is 2.77. The van der Waals surface area contributed by atoms with Crippen LogP contribution < -0.4 is 4.90 Å². The second-order valence-corrected chi connectivity index (χ2v) is 4.75. The molecule has 1 aliphatic carbocycles. The topological polar surface area (TPSA) is 66.3 Å². The third-order valence-corrected chi connectivity index (χ3v) is 3.69. The predicted molar refractivity (Wildman–Crippen MR) is 62.0 cm³/mol. The van der Waals surface area contributed by atoms with Gasteiger partial charge in [-0.1, -0.05) is 0 Å². The van der Waals surface area contributed by atoms with Crippen LogP contribution in [0.2, 0.25) is 0 Å². The van der Waals surface area contributed by atoms with Crippen molar-refractivity contribution in [2.75, 3.05) is 18.0 Å². The van der Waals surface area contributed by atoms with Gasteiger partial charge in [0.2, 0.25) is 0 Å². The maximum atomic E-state index is 11.0. The molecular formula is C12H15N3O2. The highest BCUT2D eigenvalue weighted by molar-refractivity contribution is 5.72. The minimum absolute atomic E-state index is 0.248. The van der Waals surface area contributed by atoms with Gasteiger partial charge in [0.1, 0.15) is 12.1 Å². The molecule has 0 unspecified atom stereocenters. The van der Waals surface area contributed by atoms with Crippen molar-refractivity contribution in [2.24, 2.45) is 5.92 Å². The highest BCUT2D eigenvalue weighted by Gasteiger charge is 2.31. The lowest BCUT2D eigenvalue weighted by atomic mass is 10.1. The molecule has 0 bridgehead atoms. The lowest BCUT2D eigenvalue weighted by molar-refractivity contribution is -0.140. The van der Waals surface area contributed by atoms with E-state index in [4.69, 9.17) is 5.11 Å². The SMILES string of the molecule is O=C(O)[C@H]1CCN(c2ncnc3c2CCC3)C1. The summed E-state index contributed by atoms with van der Waals surface area (Å²) in [6.07, 6.45) is 5.51. The lowest BCUT2D eigenvalue weighted by Gasteiger charge is -2.19. The van der Waals surface area contributed by atoms with Crippen LogP contribution in [0.25, 0.3) is 0 Å². The maximum Gasteiger partial charge on any atom is 0.308 e. The number of aliphatic carboxylic acids is 1. The van der Waals surface area contributed by atoms with Crippen LogP contribution in [-0.2, 0) is 17.6 Å². The van der Waals surface area contributed by atoms with Crippen molar-refractivity contribution in [1.82, 2.24) is 9.97 Å². The number of nitrogens with zero attached hydrogens (tertiary/aromatic N) is 3. The Morgan fingerprint density at radius 1 is 1.41 bits per heavy atom. The van der Waals surface area contributed by atoms with Crippen LogP contribution in [0.4, 0.5) is 5.82 Å². The Labute approximate surface area is 99.5 Å². The first-order valence-corrected chi connectivity index (χ1v) is 6.06. The van der Waals surface area contributed by atoms with Crippen LogP contribution in [0.15, 0.2) is 6.33 Å². The van der Waals surface area contributed by atoms with Gasteiger partial charge in [-0.25, -0.2) is 9.97 Å². The highest BCUT2D eigenvalue weighted by Crippen LogP contribution is 2.31. The van der Waals surface area contributed by atoms with E-state index in [1.54, 1.807) is 6.33 Å². The van der Waals surface area contributed by atoms with E-state index in [1.165, 1.54) is 5.56 Å². The van der Waals surface area contributed by atoms with Crippen molar-refractivity contribution in [3.63, 3.8) is 0 Å². The van der Waals surface area contributed by atoms with Crippen molar-refractivity contribution in [2.45, 2.75) is 25.7 Å². The molecule has 2 aliphatic rings. The summed E-state index contributed by atoms with van der Waals surface area (Å²) in [5.41, 5.74) is 2.38. The molecule has 1 aliphatic heterocycles. The fraction of sp³-hybridized carbons (Fsp3) is 0.583. The van der Waals surface area contributed by atoms with Gasteiger partial charge in [0.15, 0.2) is 0 Å². The van der Waals surface area contributed by atoms with Crippen molar-refractivity contribution in [1.29, 1.82) is 0 Å².